The summed E-state index contributed by atoms with van der Waals surface area (Å²) in [6, 6.07) is 0.770. The second kappa shape index (κ2) is 7.49. The summed E-state index contributed by atoms with van der Waals surface area (Å²) < 4.78 is 0. The topological polar surface area (TPSA) is 15.3 Å². The first-order chi connectivity index (χ1) is 8.81. The molecule has 0 aromatic carbocycles. The Bertz CT molecular complexity index is 221. The number of hydrogen-bond acceptors (Lipinski definition) is 2. The Hall–Kier alpha value is -0.0800. The van der Waals surface area contributed by atoms with E-state index < -0.39 is 0 Å². The molecule has 2 heteroatoms. The Kier molecular flexibility index (Phi) is 5.97. The van der Waals surface area contributed by atoms with Gasteiger partial charge in [0.1, 0.15) is 0 Å². The molecule has 2 heterocycles. The van der Waals surface area contributed by atoms with E-state index in [2.05, 4.69) is 24.1 Å². The van der Waals surface area contributed by atoms with Gasteiger partial charge in [0.2, 0.25) is 0 Å². The van der Waals surface area contributed by atoms with Crippen molar-refractivity contribution in [1.29, 1.82) is 0 Å². The average molecular weight is 252 g/mol. The van der Waals surface area contributed by atoms with E-state index >= 15 is 0 Å². The van der Waals surface area contributed by atoms with Crippen LogP contribution in [0.2, 0.25) is 0 Å². The van der Waals surface area contributed by atoms with Crippen LogP contribution in [0, 0.1) is 11.8 Å². The maximum Gasteiger partial charge on any atom is 0.0197 e. The zero-order valence-corrected chi connectivity index (χ0v) is 12.5. The van der Waals surface area contributed by atoms with Crippen molar-refractivity contribution < 1.29 is 0 Å². The van der Waals surface area contributed by atoms with Crippen LogP contribution in [0.3, 0.4) is 0 Å². The molecule has 0 aliphatic carbocycles. The van der Waals surface area contributed by atoms with E-state index in [1.165, 1.54) is 71.1 Å². The van der Waals surface area contributed by atoms with Gasteiger partial charge in [-0.1, -0.05) is 33.1 Å². The van der Waals surface area contributed by atoms with E-state index in [1.54, 1.807) is 0 Å². The number of piperidine rings is 2. The van der Waals surface area contributed by atoms with Gasteiger partial charge in [-0.05, 0) is 57.2 Å². The molecule has 18 heavy (non-hydrogen) atoms. The van der Waals surface area contributed by atoms with Gasteiger partial charge in [-0.2, -0.15) is 0 Å². The number of likely N-dealkylation sites (tertiary alicyclic amines) is 1. The Balaban J connectivity index is 1.67. The van der Waals surface area contributed by atoms with Crippen LogP contribution in [0.25, 0.3) is 0 Å². The first-order valence-corrected chi connectivity index (χ1v) is 8.27. The molecule has 0 radical (unpaired) electrons. The summed E-state index contributed by atoms with van der Waals surface area (Å²) in [7, 11) is 0. The highest BCUT2D eigenvalue weighted by Gasteiger charge is 2.24. The second-order valence-electron chi connectivity index (χ2n) is 6.48. The summed E-state index contributed by atoms with van der Waals surface area (Å²) in [4.78, 5) is 2.71. The van der Waals surface area contributed by atoms with Crippen molar-refractivity contribution in [2.75, 3.05) is 26.2 Å². The van der Waals surface area contributed by atoms with Crippen LogP contribution in [-0.4, -0.2) is 37.1 Å². The molecule has 2 fully saturated rings. The monoisotopic (exact) mass is 252 g/mol. The SMILES string of the molecule is CCCC1CCN(CC2CC(CC)CCN2)CC1. The highest BCUT2D eigenvalue weighted by molar-refractivity contribution is 4.82. The minimum absolute atomic E-state index is 0.770. The zero-order valence-electron chi connectivity index (χ0n) is 12.5. The van der Waals surface area contributed by atoms with Gasteiger partial charge in [0.25, 0.3) is 0 Å². The lowest BCUT2D eigenvalue weighted by molar-refractivity contribution is 0.146. The van der Waals surface area contributed by atoms with Crippen molar-refractivity contribution in [2.24, 2.45) is 11.8 Å². The lowest BCUT2D eigenvalue weighted by Crippen LogP contribution is -2.47. The summed E-state index contributed by atoms with van der Waals surface area (Å²) in [5.74, 6) is 2.00. The fourth-order valence-electron chi connectivity index (χ4n) is 3.78. The molecule has 2 nitrogen and oxygen atoms in total. The van der Waals surface area contributed by atoms with Crippen LogP contribution in [0.1, 0.15) is 58.8 Å². The lowest BCUT2D eigenvalue weighted by Gasteiger charge is -2.37. The van der Waals surface area contributed by atoms with Crippen LogP contribution < -0.4 is 5.32 Å². The number of nitrogens with zero attached hydrogens (tertiary/aromatic N) is 1. The normalized spacial score (nSPS) is 31.7. The van der Waals surface area contributed by atoms with Gasteiger partial charge in [-0.3, -0.25) is 0 Å². The van der Waals surface area contributed by atoms with Crippen LogP contribution in [-0.2, 0) is 0 Å². The smallest absolute Gasteiger partial charge is 0.0197 e. The zero-order chi connectivity index (χ0) is 12.8. The van der Waals surface area contributed by atoms with Crippen LogP contribution in [0.5, 0.6) is 0 Å². The summed E-state index contributed by atoms with van der Waals surface area (Å²) in [6.45, 7) is 9.91. The molecule has 0 amide bonds. The van der Waals surface area contributed by atoms with E-state index in [0.717, 1.165) is 17.9 Å². The number of rotatable bonds is 5. The third-order valence-electron chi connectivity index (χ3n) is 5.06. The first-order valence-electron chi connectivity index (χ1n) is 8.27. The van der Waals surface area contributed by atoms with Gasteiger partial charge >= 0.3 is 0 Å². The summed E-state index contributed by atoms with van der Waals surface area (Å²) >= 11 is 0. The molecule has 1 N–H and O–H groups in total. The molecule has 0 bridgehead atoms. The maximum atomic E-state index is 3.73. The van der Waals surface area contributed by atoms with E-state index in [4.69, 9.17) is 0 Å². The molecule has 0 aromatic rings. The number of nitrogens with one attached hydrogen (secondary N) is 1. The minimum Gasteiger partial charge on any atom is -0.313 e. The highest BCUT2D eigenvalue weighted by Crippen LogP contribution is 2.24. The van der Waals surface area contributed by atoms with E-state index in [1.807, 2.05) is 0 Å². The van der Waals surface area contributed by atoms with Crippen molar-refractivity contribution in [1.82, 2.24) is 10.2 Å². The third-order valence-corrected chi connectivity index (χ3v) is 5.06. The van der Waals surface area contributed by atoms with E-state index in [9.17, 15) is 0 Å². The van der Waals surface area contributed by atoms with Gasteiger partial charge in [-0.25, -0.2) is 0 Å². The van der Waals surface area contributed by atoms with Crippen molar-refractivity contribution in [3.05, 3.63) is 0 Å². The largest absolute Gasteiger partial charge is 0.313 e. The molecular formula is C16H32N2. The highest BCUT2D eigenvalue weighted by atomic mass is 15.2. The van der Waals surface area contributed by atoms with Crippen molar-refractivity contribution in [3.63, 3.8) is 0 Å². The lowest BCUT2D eigenvalue weighted by atomic mass is 9.89. The van der Waals surface area contributed by atoms with E-state index in [-0.39, 0.29) is 0 Å². The molecule has 2 rings (SSSR count). The van der Waals surface area contributed by atoms with Crippen LogP contribution in [0.15, 0.2) is 0 Å². The first kappa shape index (κ1) is 14.3. The summed E-state index contributed by atoms with van der Waals surface area (Å²) in [5, 5.41) is 3.73. The molecule has 2 unspecified atom stereocenters. The molecule has 0 saturated carbocycles. The summed E-state index contributed by atoms with van der Waals surface area (Å²) in [6.07, 6.45) is 9.88. The van der Waals surface area contributed by atoms with E-state index in [0.29, 0.717) is 0 Å². The van der Waals surface area contributed by atoms with Gasteiger partial charge < -0.3 is 10.2 Å². The fourth-order valence-corrected chi connectivity index (χ4v) is 3.78. The van der Waals surface area contributed by atoms with Gasteiger partial charge in [0.15, 0.2) is 0 Å². The van der Waals surface area contributed by atoms with Gasteiger partial charge in [0.05, 0.1) is 0 Å². The fraction of sp³-hybridized carbons (Fsp3) is 1.00. The van der Waals surface area contributed by atoms with Crippen molar-refractivity contribution in [2.45, 2.75) is 64.8 Å². The molecule has 2 aliphatic rings. The maximum absolute atomic E-state index is 3.73. The molecular weight excluding hydrogens is 220 g/mol. The third kappa shape index (κ3) is 4.24. The molecule has 106 valence electrons. The van der Waals surface area contributed by atoms with Crippen LogP contribution in [0.4, 0.5) is 0 Å². The van der Waals surface area contributed by atoms with Crippen molar-refractivity contribution >= 4 is 0 Å². The Morgan fingerprint density at radius 2 is 1.83 bits per heavy atom. The average Bonchev–Trinajstić information content (AvgIpc) is 2.42. The molecule has 2 atom stereocenters. The molecule has 0 spiro atoms. The van der Waals surface area contributed by atoms with Crippen LogP contribution >= 0.6 is 0 Å². The Labute approximate surface area is 114 Å². The summed E-state index contributed by atoms with van der Waals surface area (Å²) in [5.41, 5.74) is 0. The Morgan fingerprint density at radius 1 is 1.06 bits per heavy atom. The molecule has 2 aliphatic heterocycles. The standard InChI is InChI=1S/C16H32N2/c1-3-5-15-7-10-18(11-8-15)13-16-12-14(4-2)6-9-17-16/h14-17H,3-13H2,1-2H3. The molecule has 0 aromatic heterocycles. The predicted molar refractivity (Wildman–Crippen MR) is 78.9 cm³/mol. The minimum atomic E-state index is 0.770. The predicted octanol–water partition coefficient (Wildman–Crippen LogP) is 3.28. The Morgan fingerprint density at radius 3 is 2.50 bits per heavy atom. The molecule has 2 saturated heterocycles. The quantitative estimate of drug-likeness (QED) is 0.808. The second-order valence-corrected chi connectivity index (χ2v) is 6.48. The van der Waals surface area contributed by atoms with Crippen molar-refractivity contribution in [3.8, 4) is 0 Å². The number of hydrogen-bond donors (Lipinski definition) is 1. The van der Waals surface area contributed by atoms with Gasteiger partial charge in [0, 0.05) is 12.6 Å². The van der Waals surface area contributed by atoms with Gasteiger partial charge in [-0.15, -0.1) is 0 Å².